The Hall–Kier alpha value is -2.10. The molecule has 0 aliphatic heterocycles. The van der Waals surface area contributed by atoms with Crippen LogP contribution < -0.4 is 5.32 Å². The molecule has 0 aliphatic carbocycles. The molecular weight excluding hydrogens is 192 g/mol. The van der Waals surface area contributed by atoms with E-state index in [4.69, 9.17) is 5.11 Å². The first-order valence-corrected chi connectivity index (χ1v) is 4.53. The summed E-state index contributed by atoms with van der Waals surface area (Å²) in [5.41, 5.74) is 0.268. The Morgan fingerprint density at radius 1 is 1.40 bits per heavy atom. The van der Waals surface area contributed by atoms with Gasteiger partial charge in [0.15, 0.2) is 0 Å². The van der Waals surface area contributed by atoms with Gasteiger partial charge in [-0.05, 0) is 17.5 Å². The summed E-state index contributed by atoms with van der Waals surface area (Å²) >= 11 is 0. The lowest BCUT2D eigenvalue weighted by Gasteiger charge is -2.07. The van der Waals surface area contributed by atoms with E-state index in [0.717, 1.165) is 5.39 Å². The maximum absolute atomic E-state index is 11.0. The van der Waals surface area contributed by atoms with Crippen LogP contribution in [0.2, 0.25) is 0 Å². The molecular formula is C11H10N2O2. The van der Waals surface area contributed by atoms with E-state index in [0.29, 0.717) is 11.2 Å². The van der Waals surface area contributed by atoms with Crippen molar-refractivity contribution < 1.29 is 9.90 Å². The van der Waals surface area contributed by atoms with Crippen LogP contribution in [0, 0.1) is 0 Å². The molecule has 0 radical (unpaired) electrons. The van der Waals surface area contributed by atoms with Crippen LogP contribution in [0.15, 0.2) is 30.5 Å². The monoisotopic (exact) mass is 202 g/mol. The number of rotatable bonds is 2. The maximum Gasteiger partial charge on any atom is 0.336 e. The average Bonchev–Trinajstić information content (AvgIpc) is 2.27. The molecule has 4 nitrogen and oxygen atoms in total. The van der Waals surface area contributed by atoms with Crippen molar-refractivity contribution in [3.8, 4) is 0 Å². The number of benzene rings is 1. The number of hydrogen-bond donors (Lipinski definition) is 2. The Morgan fingerprint density at radius 2 is 2.20 bits per heavy atom. The second-order valence-electron chi connectivity index (χ2n) is 3.12. The van der Waals surface area contributed by atoms with Crippen molar-refractivity contribution in [2.45, 2.75) is 0 Å². The zero-order valence-corrected chi connectivity index (χ0v) is 8.19. The van der Waals surface area contributed by atoms with Crippen LogP contribution in [0.5, 0.6) is 0 Å². The number of anilines is 1. The Balaban J connectivity index is 2.87. The van der Waals surface area contributed by atoms with E-state index in [9.17, 15) is 4.79 Å². The summed E-state index contributed by atoms with van der Waals surface area (Å²) in [5.74, 6) is -0.351. The molecule has 1 aromatic carbocycles. The lowest BCUT2D eigenvalue weighted by molar-refractivity contribution is 0.0699. The third-order valence-electron chi connectivity index (χ3n) is 2.26. The lowest BCUT2D eigenvalue weighted by Crippen LogP contribution is -2.01. The van der Waals surface area contributed by atoms with Crippen molar-refractivity contribution in [3.63, 3.8) is 0 Å². The average molecular weight is 202 g/mol. The Kier molecular flexibility index (Phi) is 2.25. The number of carboxylic acids is 1. The highest BCUT2D eigenvalue weighted by atomic mass is 16.4. The molecule has 4 heteroatoms. The molecule has 2 aromatic rings. The van der Waals surface area contributed by atoms with Gasteiger partial charge in [-0.2, -0.15) is 0 Å². The number of nitrogens with one attached hydrogen (secondary N) is 1. The summed E-state index contributed by atoms with van der Waals surface area (Å²) in [6.45, 7) is 0. The Bertz CT molecular complexity index is 518. The molecule has 2 rings (SSSR count). The second kappa shape index (κ2) is 3.57. The SMILES string of the molecule is CNc1nccc2cccc(C(=O)O)c12. The fraction of sp³-hybridized carbons (Fsp3) is 0.0909. The molecule has 0 unspecified atom stereocenters. The quantitative estimate of drug-likeness (QED) is 0.781. The minimum atomic E-state index is -0.940. The summed E-state index contributed by atoms with van der Waals surface area (Å²) in [7, 11) is 1.72. The number of aromatic carboxylic acids is 1. The Labute approximate surface area is 86.6 Å². The first-order chi connectivity index (χ1) is 7.24. The van der Waals surface area contributed by atoms with Crippen molar-refractivity contribution in [3.05, 3.63) is 36.0 Å². The van der Waals surface area contributed by atoms with Crippen molar-refractivity contribution in [1.29, 1.82) is 0 Å². The third-order valence-corrected chi connectivity index (χ3v) is 2.26. The molecule has 15 heavy (non-hydrogen) atoms. The van der Waals surface area contributed by atoms with E-state index in [2.05, 4.69) is 10.3 Å². The summed E-state index contributed by atoms with van der Waals surface area (Å²) in [4.78, 5) is 15.1. The smallest absolute Gasteiger partial charge is 0.336 e. The van der Waals surface area contributed by atoms with Crippen LogP contribution in [0.4, 0.5) is 5.82 Å². The molecule has 76 valence electrons. The summed E-state index contributed by atoms with van der Waals surface area (Å²) in [5, 5.41) is 13.5. The van der Waals surface area contributed by atoms with E-state index in [1.165, 1.54) is 0 Å². The predicted octanol–water partition coefficient (Wildman–Crippen LogP) is 1.97. The highest BCUT2D eigenvalue weighted by Gasteiger charge is 2.11. The van der Waals surface area contributed by atoms with Crippen LogP contribution in [-0.2, 0) is 0 Å². The van der Waals surface area contributed by atoms with Crippen molar-refractivity contribution in [2.75, 3.05) is 12.4 Å². The van der Waals surface area contributed by atoms with E-state index in [-0.39, 0.29) is 5.56 Å². The molecule has 0 aliphatic rings. The zero-order chi connectivity index (χ0) is 10.8. The van der Waals surface area contributed by atoms with Crippen LogP contribution in [-0.4, -0.2) is 23.1 Å². The van der Waals surface area contributed by atoms with Gasteiger partial charge in [-0.25, -0.2) is 9.78 Å². The van der Waals surface area contributed by atoms with Crippen LogP contribution in [0.1, 0.15) is 10.4 Å². The van der Waals surface area contributed by atoms with E-state index in [1.54, 1.807) is 31.4 Å². The van der Waals surface area contributed by atoms with Gasteiger partial charge in [-0.1, -0.05) is 12.1 Å². The lowest BCUT2D eigenvalue weighted by atomic mass is 10.1. The van der Waals surface area contributed by atoms with Gasteiger partial charge < -0.3 is 10.4 Å². The molecule has 0 amide bonds. The van der Waals surface area contributed by atoms with E-state index >= 15 is 0 Å². The minimum absolute atomic E-state index is 0.268. The highest BCUT2D eigenvalue weighted by molar-refractivity contribution is 6.08. The zero-order valence-electron chi connectivity index (χ0n) is 8.19. The molecule has 0 atom stereocenters. The number of fused-ring (bicyclic) bond motifs is 1. The summed E-state index contributed by atoms with van der Waals surface area (Å²) in [6, 6.07) is 6.96. The standard InChI is InChI=1S/C11H10N2O2/c1-12-10-9-7(5-6-13-10)3-2-4-8(9)11(14)15/h2-6H,1H3,(H,12,13)(H,14,15). The maximum atomic E-state index is 11.0. The topological polar surface area (TPSA) is 62.2 Å². The van der Waals surface area contributed by atoms with Crippen LogP contribution in [0.25, 0.3) is 10.8 Å². The summed E-state index contributed by atoms with van der Waals surface area (Å²) < 4.78 is 0. The molecule has 1 aromatic heterocycles. The van der Waals surface area contributed by atoms with Gasteiger partial charge in [0.25, 0.3) is 0 Å². The van der Waals surface area contributed by atoms with Gasteiger partial charge in [0.05, 0.1) is 5.56 Å². The first kappa shape index (κ1) is 9.45. The number of aromatic nitrogens is 1. The first-order valence-electron chi connectivity index (χ1n) is 4.53. The van der Waals surface area contributed by atoms with Gasteiger partial charge in [0.1, 0.15) is 5.82 Å². The molecule has 0 spiro atoms. The number of nitrogens with zero attached hydrogens (tertiary/aromatic N) is 1. The van der Waals surface area contributed by atoms with Gasteiger partial charge in [0, 0.05) is 18.6 Å². The fourth-order valence-corrected chi connectivity index (χ4v) is 1.60. The molecule has 1 heterocycles. The van der Waals surface area contributed by atoms with Crippen LogP contribution in [0.3, 0.4) is 0 Å². The van der Waals surface area contributed by atoms with Crippen molar-refractivity contribution in [1.82, 2.24) is 4.98 Å². The highest BCUT2D eigenvalue weighted by Crippen LogP contribution is 2.24. The Morgan fingerprint density at radius 3 is 2.87 bits per heavy atom. The van der Waals surface area contributed by atoms with Gasteiger partial charge in [-0.3, -0.25) is 0 Å². The van der Waals surface area contributed by atoms with Gasteiger partial charge in [0.2, 0.25) is 0 Å². The molecule has 2 N–H and O–H groups in total. The summed E-state index contributed by atoms with van der Waals surface area (Å²) in [6.07, 6.45) is 1.65. The van der Waals surface area contributed by atoms with E-state index < -0.39 is 5.97 Å². The number of pyridine rings is 1. The molecule has 0 saturated heterocycles. The fourth-order valence-electron chi connectivity index (χ4n) is 1.60. The largest absolute Gasteiger partial charge is 0.478 e. The number of carboxylic acid groups (broad SMARTS) is 1. The van der Waals surface area contributed by atoms with Crippen molar-refractivity contribution >= 4 is 22.6 Å². The number of carbonyl (C=O) groups is 1. The molecule has 0 fully saturated rings. The van der Waals surface area contributed by atoms with Gasteiger partial charge >= 0.3 is 5.97 Å². The molecule has 0 bridgehead atoms. The third kappa shape index (κ3) is 1.50. The number of hydrogen-bond acceptors (Lipinski definition) is 3. The van der Waals surface area contributed by atoms with Crippen LogP contribution >= 0.6 is 0 Å². The minimum Gasteiger partial charge on any atom is -0.478 e. The van der Waals surface area contributed by atoms with E-state index in [1.807, 2.05) is 6.07 Å². The van der Waals surface area contributed by atoms with Crippen molar-refractivity contribution in [2.24, 2.45) is 0 Å². The van der Waals surface area contributed by atoms with Gasteiger partial charge in [-0.15, -0.1) is 0 Å². The predicted molar refractivity (Wildman–Crippen MR) is 58.2 cm³/mol. The molecule has 0 saturated carbocycles. The second-order valence-corrected chi connectivity index (χ2v) is 3.12. The normalized spacial score (nSPS) is 10.2.